The Morgan fingerprint density at radius 3 is 2.55 bits per heavy atom. The van der Waals surface area contributed by atoms with Crippen molar-refractivity contribution in [3.63, 3.8) is 0 Å². The fourth-order valence-corrected chi connectivity index (χ4v) is 2.07. The summed E-state index contributed by atoms with van der Waals surface area (Å²) in [7, 11) is 4.08. The largest absolute Gasteiger partial charge is 0.468 e. The van der Waals surface area contributed by atoms with Crippen LogP contribution in [0.4, 0.5) is 0 Å². The van der Waals surface area contributed by atoms with Gasteiger partial charge in [0.25, 0.3) is 0 Å². The second-order valence-corrected chi connectivity index (χ2v) is 4.93. The van der Waals surface area contributed by atoms with E-state index in [9.17, 15) is 0 Å². The van der Waals surface area contributed by atoms with Gasteiger partial charge in [-0.3, -0.25) is 4.90 Å². The molecule has 0 aliphatic rings. The lowest BCUT2D eigenvalue weighted by Gasteiger charge is -2.22. The number of furan rings is 1. The van der Waals surface area contributed by atoms with E-state index in [0.29, 0.717) is 5.56 Å². The van der Waals surface area contributed by atoms with E-state index < -0.39 is 0 Å². The normalized spacial score (nSPS) is 12.3. The van der Waals surface area contributed by atoms with Crippen LogP contribution < -0.4 is 5.32 Å². The molecule has 0 bridgehead atoms. The second-order valence-electron chi connectivity index (χ2n) is 4.93. The van der Waals surface area contributed by atoms with E-state index in [1.54, 1.807) is 6.26 Å². The maximum atomic E-state index is 8.76. The van der Waals surface area contributed by atoms with Gasteiger partial charge in [0.15, 0.2) is 0 Å². The van der Waals surface area contributed by atoms with Gasteiger partial charge in [0.1, 0.15) is 5.76 Å². The van der Waals surface area contributed by atoms with Gasteiger partial charge in [-0.2, -0.15) is 5.26 Å². The molecule has 0 spiro atoms. The molecule has 0 aliphatic heterocycles. The maximum absolute atomic E-state index is 8.76. The van der Waals surface area contributed by atoms with E-state index in [0.717, 1.165) is 18.8 Å². The topological polar surface area (TPSA) is 52.2 Å². The first kappa shape index (κ1) is 14.3. The molecule has 0 amide bonds. The number of likely N-dealkylation sites (N-methyl/N-ethyl adjacent to an activating group) is 1. The second kappa shape index (κ2) is 6.90. The lowest BCUT2D eigenvalue weighted by molar-refractivity contribution is 0.250. The van der Waals surface area contributed by atoms with Crippen molar-refractivity contribution >= 4 is 0 Å². The molecule has 1 atom stereocenters. The maximum Gasteiger partial charge on any atom is 0.122 e. The summed E-state index contributed by atoms with van der Waals surface area (Å²) < 4.78 is 5.47. The highest BCUT2D eigenvalue weighted by atomic mass is 16.3. The summed E-state index contributed by atoms with van der Waals surface area (Å²) in [6.45, 7) is 1.58. The summed E-state index contributed by atoms with van der Waals surface area (Å²) in [5.41, 5.74) is 1.86. The Kier molecular flexibility index (Phi) is 4.94. The van der Waals surface area contributed by atoms with Crippen LogP contribution in [0.25, 0.3) is 0 Å². The van der Waals surface area contributed by atoms with Gasteiger partial charge in [-0.15, -0.1) is 0 Å². The first-order valence-electron chi connectivity index (χ1n) is 6.60. The minimum atomic E-state index is 0.211. The van der Waals surface area contributed by atoms with Crippen LogP contribution >= 0.6 is 0 Å². The first-order chi connectivity index (χ1) is 9.70. The number of benzene rings is 1. The van der Waals surface area contributed by atoms with Gasteiger partial charge >= 0.3 is 0 Å². The minimum absolute atomic E-state index is 0.211. The summed E-state index contributed by atoms with van der Waals surface area (Å²) in [5.74, 6) is 0.960. The van der Waals surface area contributed by atoms with Gasteiger partial charge in [-0.05, 0) is 43.9 Å². The van der Waals surface area contributed by atoms with Gasteiger partial charge in [0.05, 0.1) is 23.9 Å². The van der Waals surface area contributed by atoms with Crippen LogP contribution in [0.2, 0.25) is 0 Å². The Morgan fingerprint density at radius 2 is 2.00 bits per heavy atom. The molecule has 2 rings (SSSR count). The molecule has 1 heterocycles. The highest BCUT2D eigenvalue weighted by Crippen LogP contribution is 2.17. The Balaban J connectivity index is 1.89. The van der Waals surface area contributed by atoms with E-state index in [1.165, 1.54) is 5.56 Å². The fourth-order valence-electron chi connectivity index (χ4n) is 2.07. The molecule has 20 heavy (non-hydrogen) atoms. The lowest BCUT2D eigenvalue weighted by Crippen LogP contribution is -2.30. The van der Waals surface area contributed by atoms with Crippen molar-refractivity contribution in [1.82, 2.24) is 10.2 Å². The Hall–Kier alpha value is -2.09. The molecule has 0 radical (unpaired) electrons. The summed E-state index contributed by atoms with van der Waals surface area (Å²) in [6.07, 6.45) is 1.70. The van der Waals surface area contributed by atoms with Gasteiger partial charge in [-0.25, -0.2) is 0 Å². The molecule has 1 aromatic carbocycles. The van der Waals surface area contributed by atoms with Crippen molar-refractivity contribution in [3.05, 3.63) is 59.5 Å². The van der Waals surface area contributed by atoms with Crippen molar-refractivity contribution in [2.24, 2.45) is 0 Å². The molecular formula is C16H19N3O. The van der Waals surface area contributed by atoms with E-state index >= 15 is 0 Å². The summed E-state index contributed by atoms with van der Waals surface area (Å²) in [4.78, 5) is 2.13. The van der Waals surface area contributed by atoms with Crippen LogP contribution in [0, 0.1) is 11.3 Å². The summed E-state index contributed by atoms with van der Waals surface area (Å²) in [6, 6.07) is 13.9. The number of nitrogens with zero attached hydrogens (tertiary/aromatic N) is 2. The zero-order chi connectivity index (χ0) is 14.4. The third kappa shape index (κ3) is 3.70. The highest BCUT2D eigenvalue weighted by molar-refractivity contribution is 5.31. The zero-order valence-electron chi connectivity index (χ0n) is 11.8. The van der Waals surface area contributed by atoms with Gasteiger partial charge in [0.2, 0.25) is 0 Å². The van der Waals surface area contributed by atoms with Gasteiger partial charge < -0.3 is 9.73 Å². The molecular weight excluding hydrogens is 250 g/mol. The van der Waals surface area contributed by atoms with Crippen LogP contribution in [-0.2, 0) is 6.54 Å². The third-order valence-corrected chi connectivity index (χ3v) is 3.24. The Labute approximate surface area is 119 Å². The van der Waals surface area contributed by atoms with E-state index in [2.05, 4.69) is 16.3 Å². The predicted octanol–water partition coefficient (Wildman–Crippen LogP) is 2.54. The van der Waals surface area contributed by atoms with Crippen molar-refractivity contribution in [2.75, 3.05) is 20.6 Å². The van der Waals surface area contributed by atoms with Crippen LogP contribution in [0.3, 0.4) is 0 Å². The number of hydrogen-bond donors (Lipinski definition) is 1. The Bertz CT molecular complexity index is 552. The van der Waals surface area contributed by atoms with Crippen LogP contribution in [0.5, 0.6) is 0 Å². The number of nitriles is 1. The zero-order valence-corrected chi connectivity index (χ0v) is 11.8. The van der Waals surface area contributed by atoms with E-state index in [-0.39, 0.29) is 6.04 Å². The monoisotopic (exact) mass is 269 g/mol. The highest BCUT2D eigenvalue weighted by Gasteiger charge is 2.15. The quantitative estimate of drug-likeness (QED) is 0.875. The SMILES string of the molecule is CN(C)C(CNCc1ccc(C#N)cc1)c1ccco1. The molecule has 2 aromatic rings. The number of rotatable bonds is 6. The number of nitrogens with one attached hydrogen (secondary N) is 1. The molecule has 0 saturated carbocycles. The van der Waals surface area contributed by atoms with Crippen molar-refractivity contribution < 1.29 is 4.42 Å². The van der Waals surface area contributed by atoms with Crippen LogP contribution in [-0.4, -0.2) is 25.5 Å². The molecule has 0 fully saturated rings. The number of hydrogen-bond acceptors (Lipinski definition) is 4. The minimum Gasteiger partial charge on any atom is -0.468 e. The predicted molar refractivity (Wildman–Crippen MR) is 78.0 cm³/mol. The molecule has 1 N–H and O–H groups in total. The van der Waals surface area contributed by atoms with Crippen molar-refractivity contribution in [3.8, 4) is 6.07 Å². The molecule has 4 heteroatoms. The van der Waals surface area contributed by atoms with Gasteiger partial charge in [0, 0.05) is 13.1 Å². The Morgan fingerprint density at radius 1 is 1.25 bits per heavy atom. The molecule has 0 aliphatic carbocycles. The first-order valence-corrected chi connectivity index (χ1v) is 6.60. The molecule has 1 unspecified atom stereocenters. The average Bonchev–Trinajstić information content (AvgIpc) is 2.97. The standard InChI is InChI=1S/C16H19N3O/c1-19(2)15(16-4-3-9-20-16)12-18-11-14-7-5-13(10-17)6-8-14/h3-9,15,18H,11-12H2,1-2H3. The molecule has 104 valence electrons. The fraction of sp³-hybridized carbons (Fsp3) is 0.312. The van der Waals surface area contributed by atoms with E-state index in [1.807, 2.05) is 50.5 Å². The van der Waals surface area contributed by atoms with Crippen LogP contribution in [0.1, 0.15) is 22.9 Å². The van der Waals surface area contributed by atoms with Crippen molar-refractivity contribution in [2.45, 2.75) is 12.6 Å². The molecule has 1 aromatic heterocycles. The average molecular weight is 269 g/mol. The van der Waals surface area contributed by atoms with E-state index in [4.69, 9.17) is 9.68 Å². The summed E-state index contributed by atoms with van der Waals surface area (Å²) in [5, 5.41) is 12.2. The van der Waals surface area contributed by atoms with Crippen LogP contribution in [0.15, 0.2) is 47.1 Å². The summed E-state index contributed by atoms with van der Waals surface area (Å²) >= 11 is 0. The smallest absolute Gasteiger partial charge is 0.122 e. The van der Waals surface area contributed by atoms with Crippen molar-refractivity contribution in [1.29, 1.82) is 5.26 Å². The molecule has 0 saturated heterocycles. The lowest BCUT2D eigenvalue weighted by atomic mass is 10.1. The third-order valence-electron chi connectivity index (χ3n) is 3.24. The molecule has 4 nitrogen and oxygen atoms in total. The van der Waals surface area contributed by atoms with Gasteiger partial charge in [-0.1, -0.05) is 12.1 Å².